The lowest BCUT2D eigenvalue weighted by Gasteiger charge is -2.02. The second-order valence-corrected chi connectivity index (χ2v) is 3.75. The third-order valence-corrected chi connectivity index (χ3v) is 2.12. The third-order valence-electron chi connectivity index (χ3n) is 1.37. The molecule has 0 bridgehead atoms. The molecule has 0 saturated carbocycles. The van der Waals surface area contributed by atoms with Crippen LogP contribution in [0, 0.1) is 0 Å². The Morgan fingerprint density at radius 1 is 1.42 bits per heavy atom. The first-order chi connectivity index (χ1) is 5.59. The molecule has 0 unspecified atom stereocenters. The van der Waals surface area contributed by atoms with Crippen LogP contribution in [-0.4, -0.2) is 4.99 Å². The van der Waals surface area contributed by atoms with E-state index in [2.05, 4.69) is 0 Å². The molecule has 0 aliphatic heterocycles. The maximum Gasteiger partial charge on any atom is 0.0772 e. The highest BCUT2D eigenvalue weighted by Crippen LogP contribution is 2.20. The molecule has 2 N–H and O–H groups in total. The molecular formula is C8H7Cl2NS. The van der Waals surface area contributed by atoms with Crippen molar-refractivity contribution >= 4 is 40.4 Å². The molecule has 0 amide bonds. The van der Waals surface area contributed by atoms with Crippen LogP contribution < -0.4 is 5.73 Å². The third kappa shape index (κ3) is 2.63. The van der Waals surface area contributed by atoms with Crippen molar-refractivity contribution in [3.05, 3.63) is 33.8 Å². The van der Waals surface area contributed by atoms with Gasteiger partial charge in [-0.15, -0.1) is 0 Å². The van der Waals surface area contributed by atoms with E-state index in [1.165, 1.54) is 0 Å². The SMILES string of the molecule is NC(=S)Cc1cc(Cl)ccc1Cl. The Morgan fingerprint density at radius 2 is 2.08 bits per heavy atom. The van der Waals surface area contributed by atoms with E-state index in [-0.39, 0.29) is 0 Å². The molecule has 1 aromatic rings. The van der Waals surface area contributed by atoms with Gasteiger partial charge in [-0.3, -0.25) is 0 Å². The van der Waals surface area contributed by atoms with E-state index in [1.807, 2.05) is 0 Å². The summed E-state index contributed by atoms with van der Waals surface area (Å²) < 4.78 is 0. The van der Waals surface area contributed by atoms with Gasteiger partial charge in [0.05, 0.1) is 4.99 Å². The highest BCUT2D eigenvalue weighted by molar-refractivity contribution is 7.80. The van der Waals surface area contributed by atoms with Gasteiger partial charge < -0.3 is 5.73 Å². The van der Waals surface area contributed by atoms with Crippen LogP contribution in [0.25, 0.3) is 0 Å². The van der Waals surface area contributed by atoms with Crippen LogP contribution in [0.5, 0.6) is 0 Å². The van der Waals surface area contributed by atoms with Crippen molar-refractivity contribution in [2.45, 2.75) is 6.42 Å². The molecule has 0 heterocycles. The van der Waals surface area contributed by atoms with E-state index in [9.17, 15) is 0 Å². The number of hydrogen-bond acceptors (Lipinski definition) is 1. The topological polar surface area (TPSA) is 26.0 Å². The second kappa shape index (κ2) is 4.08. The Labute approximate surface area is 86.5 Å². The Balaban J connectivity index is 2.97. The molecule has 0 atom stereocenters. The van der Waals surface area contributed by atoms with E-state index in [4.69, 9.17) is 41.2 Å². The fourth-order valence-electron chi connectivity index (χ4n) is 0.866. The van der Waals surface area contributed by atoms with Gasteiger partial charge in [0.25, 0.3) is 0 Å². The van der Waals surface area contributed by atoms with Crippen molar-refractivity contribution in [1.29, 1.82) is 0 Å². The van der Waals surface area contributed by atoms with Crippen molar-refractivity contribution in [1.82, 2.24) is 0 Å². The Bertz CT molecular complexity index is 312. The summed E-state index contributed by atoms with van der Waals surface area (Å²) in [6.07, 6.45) is 0.495. The smallest absolute Gasteiger partial charge is 0.0772 e. The monoisotopic (exact) mass is 219 g/mol. The Kier molecular flexibility index (Phi) is 3.32. The summed E-state index contributed by atoms with van der Waals surface area (Å²) in [5, 5.41) is 1.29. The highest BCUT2D eigenvalue weighted by atomic mass is 35.5. The van der Waals surface area contributed by atoms with Crippen LogP contribution in [0.1, 0.15) is 5.56 Å². The van der Waals surface area contributed by atoms with Crippen LogP contribution in [-0.2, 0) is 6.42 Å². The van der Waals surface area contributed by atoms with Crippen molar-refractivity contribution in [2.24, 2.45) is 5.73 Å². The fraction of sp³-hybridized carbons (Fsp3) is 0.125. The molecular weight excluding hydrogens is 213 g/mol. The molecule has 0 spiro atoms. The molecule has 1 nitrogen and oxygen atoms in total. The Morgan fingerprint density at radius 3 is 2.67 bits per heavy atom. The van der Waals surface area contributed by atoms with Gasteiger partial charge in [0.2, 0.25) is 0 Å². The van der Waals surface area contributed by atoms with Crippen LogP contribution in [0.3, 0.4) is 0 Å². The van der Waals surface area contributed by atoms with Gasteiger partial charge in [0.15, 0.2) is 0 Å². The van der Waals surface area contributed by atoms with E-state index < -0.39 is 0 Å². The minimum Gasteiger partial charge on any atom is -0.393 e. The number of nitrogens with two attached hydrogens (primary N) is 1. The number of thiocarbonyl (C=S) groups is 1. The summed E-state index contributed by atoms with van der Waals surface area (Å²) in [6, 6.07) is 5.23. The summed E-state index contributed by atoms with van der Waals surface area (Å²) in [5.74, 6) is 0. The van der Waals surface area contributed by atoms with Crippen molar-refractivity contribution in [2.75, 3.05) is 0 Å². The molecule has 4 heteroatoms. The van der Waals surface area contributed by atoms with Crippen molar-refractivity contribution < 1.29 is 0 Å². The quantitative estimate of drug-likeness (QED) is 0.775. The van der Waals surface area contributed by atoms with E-state index >= 15 is 0 Å². The Hall–Kier alpha value is -0.310. The minimum atomic E-state index is 0.416. The van der Waals surface area contributed by atoms with Crippen LogP contribution >= 0.6 is 35.4 Å². The highest BCUT2D eigenvalue weighted by Gasteiger charge is 2.01. The molecule has 1 rings (SSSR count). The normalized spacial score (nSPS) is 9.83. The minimum absolute atomic E-state index is 0.416. The average molecular weight is 220 g/mol. The zero-order chi connectivity index (χ0) is 9.14. The predicted octanol–water partition coefficient (Wildman–Crippen LogP) is 2.82. The maximum absolute atomic E-state index is 5.87. The van der Waals surface area contributed by atoms with Crippen LogP contribution in [0.15, 0.2) is 18.2 Å². The molecule has 64 valence electrons. The summed E-state index contributed by atoms with van der Waals surface area (Å²) in [5.41, 5.74) is 6.25. The van der Waals surface area contributed by atoms with Gasteiger partial charge in [-0.1, -0.05) is 35.4 Å². The van der Waals surface area contributed by atoms with Crippen molar-refractivity contribution in [3.8, 4) is 0 Å². The lowest BCUT2D eigenvalue weighted by Crippen LogP contribution is -2.11. The summed E-state index contributed by atoms with van der Waals surface area (Å²) >= 11 is 16.4. The van der Waals surface area contributed by atoms with Crippen LogP contribution in [0.2, 0.25) is 10.0 Å². The van der Waals surface area contributed by atoms with Gasteiger partial charge in [-0.25, -0.2) is 0 Å². The molecule has 0 fully saturated rings. The summed E-state index contributed by atoms with van der Waals surface area (Å²) in [6.45, 7) is 0. The van der Waals surface area contributed by atoms with Gasteiger partial charge in [0, 0.05) is 16.5 Å². The first kappa shape index (κ1) is 9.78. The standard InChI is InChI=1S/C8H7Cl2NS/c9-6-1-2-7(10)5(3-6)4-8(11)12/h1-3H,4H2,(H2,11,12). The summed E-state index contributed by atoms with van der Waals surface area (Å²) in [7, 11) is 0. The number of halogens is 2. The van der Waals surface area contributed by atoms with E-state index in [1.54, 1.807) is 18.2 Å². The number of benzene rings is 1. The van der Waals surface area contributed by atoms with Gasteiger partial charge in [0.1, 0.15) is 0 Å². The van der Waals surface area contributed by atoms with E-state index in [0.717, 1.165) is 5.56 Å². The van der Waals surface area contributed by atoms with Gasteiger partial charge >= 0.3 is 0 Å². The zero-order valence-electron chi connectivity index (χ0n) is 6.18. The average Bonchev–Trinajstić information content (AvgIpc) is 1.96. The van der Waals surface area contributed by atoms with Crippen molar-refractivity contribution in [3.63, 3.8) is 0 Å². The predicted molar refractivity (Wildman–Crippen MR) is 57.0 cm³/mol. The molecule has 0 radical (unpaired) electrons. The van der Waals surface area contributed by atoms with E-state index in [0.29, 0.717) is 21.5 Å². The zero-order valence-corrected chi connectivity index (χ0v) is 8.51. The first-order valence-corrected chi connectivity index (χ1v) is 4.48. The maximum atomic E-state index is 5.87. The first-order valence-electron chi connectivity index (χ1n) is 3.32. The molecule has 0 aliphatic carbocycles. The van der Waals surface area contributed by atoms with Crippen LogP contribution in [0.4, 0.5) is 0 Å². The second-order valence-electron chi connectivity index (χ2n) is 2.38. The molecule has 0 aliphatic rings. The molecule has 0 saturated heterocycles. The molecule has 0 aromatic heterocycles. The largest absolute Gasteiger partial charge is 0.393 e. The lowest BCUT2D eigenvalue weighted by atomic mass is 10.1. The van der Waals surface area contributed by atoms with Gasteiger partial charge in [-0.05, 0) is 23.8 Å². The fourth-order valence-corrected chi connectivity index (χ4v) is 1.40. The lowest BCUT2D eigenvalue weighted by molar-refractivity contribution is 1.33. The molecule has 12 heavy (non-hydrogen) atoms. The number of hydrogen-bond donors (Lipinski definition) is 1. The number of rotatable bonds is 2. The summed E-state index contributed by atoms with van der Waals surface area (Å²) in [4.78, 5) is 0.416. The molecule has 1 aromatic carbocycles. The van der Waals surface area contributed by atoms with Gasteiger partial charge in [-0.2, -0.15) is 0 Å².